The van der Waals surface area contributed by atoms with Crippen molar-refractivity contribution >= 4 is 33.4 Å². The number of nitrogens with zero attached hydrogens (tertiary/aromatic N) is 3. The molecule has 0 saturated carbocycles. The molecule has 3 N–H and O–H groups in total. The second-order valence-electron chi connectivity index (χ2n) is 4.09. The fourth-order valence-electron chi connectivity index (χ4n) is 1.54. The van der Waals surface area contributed by atoms with E-state index >= 15 is 0 Å². The van der Waals surface area contributed by atoms with E-state index in [1.807, 2.05) is 13.8 Å². The van der Waals surface area contributed by atoms with Crippen molar-refractivity contribution in [3.05, 3.63) is 22.3 Å². The summed E-state index contributed by atoms with van der Waals surface area (Å²) in [5.74, 6) is -0.0336. The van der Waals surface area contributed by atoms with Gasteiger partial charge in [-0.15, -0.1) is 5.10 Å². The molecule has 0 spiro atoms. The standard InChI is InChI=1S/C11H14BrN5O/c1-3-6(2)14-10(18)8-4-7(12)5-17-9(8)15-11(13)16-17/h4-6H,3H2,1-2H3,(H2,13,16)(H,14,18). The zero-order valence-electron chi connectivity index (χ0n) is 10.1. The fourth-order valence-corrected chi connectivity index (χ4v) is 1.96. The molecule has 0 saturated heterocycles. The molecule has 2 heterocycles. The molecule has 0 aromatic carbocycles. The van der Waals surface area contributed by atoms with Crippen molar-refractivity contribution in [1.29, 1.82) is 0 Å². The zero-order valence-corrected chi connectivity index (χ0v) is 11.7. The highest BCUT2D eigenvalue weighted by Gasteiger charge is 2.16. The maximum absolute atomic E-state index is 12.1. The quantitative estimate of drug-likeness (QED) is 0.901. The van der Waals surface area contributed by atoms with Crippen LogP contribution in [0.5, 0.6) is 0 Å². The third kappa shape index (κ3) is 2.45. The van der Waals surface area contributed by atoms with Gasteiger partial charge in [-0.1, -0.05) is 6.92 Å². The van der Waals surface area contributed by atoms with E-state index in [-0.39, 0.29) is 17.9 Å². The summed E-state index contributed by atoms with van der Waals surface area (Å²) in [5, 5.41) is 6.88. The average molecular weight is 312 g/mol. The van der Waals surface area contributed by atoms with E-state index < -0.39 is 0 Å². The van der Waals surface area contributed by atoms with Crippen LogP contribution in [0.4, 0.5) is 5.95 Å². The fraction of sp³-hybridized carbons (Fsp3) is 0.364. The number of fused-ring (bicyclic) bond motifs is 1. The number of carbonyl (C=O) groups excluding carboxylic acids is 1. The second kappa shape index (κ2) is 4.93. The zero-order chi connectivity index (χ0) is 13.3. The van der Waals surface area contributed by atoms with Gasteiger partial charge in [0, 0.05) is 16.7 Å². The van der Waals surface area contributed by atoms with E-state index in [2.05, 4.69) is 31.3 Å². The Labute approximate surface area is 113 Å². The molecule has 2 rings (SSSR count). The number of hydrogen-bond donors (Lipinski definition) is 2. The van der Waals surface area contributed by atoms with Crippen molar-refractivity contribution in [3.8, 4) is 0 Å². The lowest BCUT2D eigenvalue weighted by Crippen LogP contribution is -2.32. The predicted octanol–water partition coefficient (Wildman–Crippen LogP) is 1.60. The first kappa shape index (κ1) is 12.8. The van der Waals surface area contributed by atoms with Crippen LogP contribution < -0.4 is 11.1 Å². The topological polar surface area (TPSA) is 85.3 Å². The molecule has 2 aromatic heterocycles. The summed E-state index contributed by atoms with van der Waals surface area (Å²) < 4.78 is 2.24. The molecule has 0 aliphatic heterocycles. The van der Waals surface area contributed by atoms with Crippen LogP contribution in [-0.2, 0) is 0 Å². The van der Waals surface area contributed by atoms with Gasteiger partial charge in [-0.25, -0.2) is 4.52 Å². The number of hydrogen-bond acceptors (Lipinski definition) is 4. The number of nitrogens with one attached hydrogen (secondary N) is 1. The lowest BCUT2D eigenvalue weighted by atomic mass is 10.2. The summed E-state index contributed by atoms with van der Waals surface area (Å²) in [6.45, 7) is 3.96. The van der Waals surface area contributed by atoms with Gasteiger partial charge >= 0.3 is 0 Å². The highest BCUT2D eigenvalue weighted by Crippen LogP contribution is 2.17. The summed E-state index contributed by atoms with van der Waals surface area (Å²) >= 11 is 3.33. The summed E-state index contributed by atoms with van der Waals surface area (Å²) in [4.78, 5) is 16.2. The third-order valence-corrected chi connectivity index (χ3v) is 3.08. The molecule has 0 radical (unpaired) electrons. The van der Waals surface area contributed by atoms with Gasteiger partial charge in [0.2, 0.25) is 5.95 Å². The van der Waals surface area contributed by atoms with E-state index in [9.17, 15) is 4.79 Å². The number of halogens is 1. The maximum Gasteiger partial charge on any atom is 0.255 e. The van der Waals surface area contributed by atoms with Crippen molar-refractivity contribution in [1.82, 2.24) is 19.9 Å². The Hall–Kier alpha value is -1.63. The third-order valence-electron chi connectivity index (χ3n) is 2.65. The number of pyridine rings is 1. The largest absolute Gasteiger partial charge is 0.366 e. The lowest BCUT2D eigenvalue weighted by Gasteiger charge is -2.11. The molecule has 0 bridgehead atoms. The summed E-state index contributed by atoms with van der Waals surface area (Å²) in [5.41, 5.74) is 6.45. The van der Waals surface area contributed by atoms with E-state index in [0.717, 1.165) is 10.9 Å². The van der Waals surface area contributed by atoms with Crippen LogP contribution >= 0.6 is 15.9 Å². The van der Waals surface area contributed by atoms with Gasteiger partial charge in [-0.05, 0) is 35.3 Å². The van der Waals surface area contributed by atoms with Crippen LogP contribution in [0.3, 0.4) is 0 Å². The van der Waals surface area contributed by atoms with E-state index in [1.165, 1.54) is 4.52 Å². The minimum Gasteiger partial charge on any atom is -0.366 e. The Bertz CT molecular complexity index is 594. The van der Waals surface area contributed by atoms with Gasteiger partial charge in [0.1, 0.15) is 0 Å². The lowest BCUT2D eigenvalue weighted by molar-refractivity contribution is 0.0940. The minimum atomic E-state index is -0.178. The molecule has 96 valence electrons. The van der Waals surface area contributed by atoms with Crippen LogP contribution in [0.2, 0.25) is 0 Å². The van der Waals surface area contributed by atoms with Gasteiger partial charge in [-0.3, -0.25) is 4.79 Å². The summed E-state index contributed by atoms with van der Waals surface area (Å²) in [7, 11) is 0. The number of aromatic nitrogens is 3. The number of carbonyl (C=O) groups is 1. The van der Waals surface area contributed by atoms with Gasteiger partial charge in [-0.2, -0.15) is 4.98 Å². The normalized spacial score (nSPS) is 12.6. The molecule has 7 heteroatoms. The highest BCUT2D eigenvalue weighted by molar-refractivity contribution is 9.10. The van der Waals surface area contributed by atoms with Crippen LogP contribution in [0.15, 0.2) is 16.7 Å². The number of rotatable bonds is 3. The smallest absolute Gasteiger partial charge is 0.255 e. The molecule has 1 atom stereocenters. The first-order valence-corrected chi connectivity index (χ1v) is 6.42. The maximum atomic E-state index is 12.1. The molecule has 2 aromatic rings. The number of amides is 1. The summed E-state index contributed by atoms with van der Waals surface area (Å²) in [6, 6.07) is 1.82. The highest BCUT2D eigenvalue weighted by atomic mass is 79.9. The average Bonchev–Trinajstić information content (AvgIpc) is 2.67. The Kier molecular flexibility index (Phi) is 3.51. The molecule has 1 amide bonds. The molecule has 1 unspecified atom stereocenters. The van der Waals surface area contributed by atoms with Crippen molar-refractivity contribution in [2.45, 2.75) is 26.3 Å². The van der Waals surface area contributed by atoms with Crippen molar-refractivity contribution in [3.63, 3.8) is 0 Å². The molecular weight excluding hydrogens is 298 g/mol. The van der Waals surface area contributed by atoms with Crippen LogP contribution in [0.25, 0.3) is 5.65 Å². The predicted molar refractivity (Wildman–Crippen MR) is 72.3 cm³/mol. The van der Waals surface area contributed by atoms with Gasteiger partial charge in [0.25, 0.3) is 5.91 Å². The van der Waals surface area contributed by atoms with Crippen LogP contribution in [0, 0.1) is 0 Å². The van der Waals surface area contributed by atoms with Gasteiger partial charge < -0.3 is 11.1 Å². The molecular formula is C11H14BrN5O. The van der Waals surface area contributed by atoms with Gasteiger partial charge in [0.15, 0.2) is 5.65 Å². The molecule has 18 heavy (non-hydrogen) atoms. The minimum absolute atomic E-state index is 0.108. The van der Waals surface area contributed by atoms with Crippen molar-refractivity contribution < 1.29 is 4.79 Å². The Balaban J connectivity index is 2.45. The first-order valence-electron chi connectivity index (χ1n) is 5.63. The number of nitrogens with two attached hydrogens (primary N) is 1. The Morgan fingerprint density at radius 3 is 3.06 bits per heavy atom. The van der Waals surface area contributed by atoms with Crippen LogP contribution in [-0.4, -0.2) is 26.5 Å². The summed E-state index contributed by atoms with van der Waals surface area (Å²) in [6.07, 6.45) is 2.57. The SMILES string of the molecule is CCC(C)NC(=O)c1cc(Br)cn2nc(N)nc12. The molecule has 0 aliphatic rings. The Morgan fingerprint density at radius 2 is 2.39 bits per heavy atom. The molecule has 0 fully saturated rings. The second-order valence-corrected chi connectivity index (χ2v) is 5.01. The molecule has 0 aliphatic carbocycles. The van der Waals surface area contributed by atoms with Gasteiger partial charge in [0.05, 0.1) is 5.56 Å². The van der Waals surface area contributed by atoms with E-state index in [4.69, 9.17) is 5.73 Å². The van der Waals surface area contributed by atoms with Crippen molar-refractivity contribution in [2.24, 2.45) is 0 Å². The monoisotopic (exact) mass is 311 g/mol. The number of nitrogen functional groups attached to an aromatic ring is 1. The van der Waals surface area contributed by atoms with Crippen molar-refractivity contribution in [2.75, 3.05) is 5.73 Å². The first-order chi connectivity index (χ1) is 8.51. The van der Waals surface area contributed by atoms with E-state index in [1.54, 1.807) is 12.3 Å². The number of anilines is 1. The van der Waals surface area contributed by atoms with E-state index in [0.29, 0.717) is 11.2 Å². The van der Waals surface area contributed by atoms with Crippen LogP contribution in [0.1, 0.15) is 30.6 Å². The molecule has 6 nitrogen and oxygen atoms in total. The Morgan fingerprint density at radius 1 is 1.67 bits per heavy atom.